The molecule has 0 spiro atoms. The zero-order valence-electron chi connectivity index (χ0n) is 5.48. The molecular weight excluding hydrogens is 150 g/mol. The molecule has 54 valence electrons. The summed E-state index contributed by atoms with van der Waals surface area (Å²) < 4.78 is 21.6. The Morgan fingerprint density at radius 2 is 1.80 bits per heavy atom. The van der Waals surface area contributed by atoms with Crippen molar-refractivity contribution in [1.29, 1.82) is 0 Å². The topological polar surface area (TPSA) is 47.0 Å². The maximum atomic E-state index is 10.8. The SMILES string of the molecule is CS(=O)(=O)c1ccncc1. The van der Waals surface area contributed by atoms with Crippen LogP contribution in [0.5, 0.6) is 0 Å². The van der Waals surface area contributed by atoms with Crippen LogP contribution in [-0.2, 0) is 9.84 Å². The molecule has 0 N–H and O–H groups in total. The Morgan fingerprint density at radius 3 is 2.10 bits per heavy atom. The fourth-order valence-electron chi connectivity index (χ4n) is 0.585. The van der Waals surface area contributed by atoms with E-state index in [0.717, 1.165) is 0 Å². The standard InChI is InChI=1S/C6H7NO2S/c1-10(8,9)6-2-4-7-5-3-6/h2-5H,1H3. The molecule has 0 aliphatic heterocycles. The minimum atomic E-state index is -3.04. The lowest BCUT2D eigenvalue weighted by atomic mass is 10.5. The second-order valence-corrected chi connectivity index (χ2v) is 3.97. The Morgan fingerprint density at radius 1 is 1.30 bits per heavy atom. The van der Waals surface area contributed by atoms with Crippen molar-refractivity contribution in [2.24, 2.45) is 0 Å². The van der Waals surface area contributed by atoms with Crippen molar-refractivity contribution in [3.63, 3.8) is 0 Å². The van der Waals surface area contributed by atoms with Gasteiger partial charge in [-0.1, -0.05) is 0 Å². The van der Waals surface area contributed by atoms with Crippen LogP contribution in [0.15, 0.2) is 29.4 Å². The molecular formula is C6H7NO2S. The van der Waals surface area contributed by atoms with Gasteiger partial charge in [-0.2, -0.15) is 0 Å². The zero-order valence-corrected chi connectivity index (χ0v) is 6.30. The largest absolute Gasteiger partial charge is 0.265 e. The summed E-state index contributed by atoms with van der Waals surface area (Å²) in [6, 6.07) is 2.94. The third-order valence-corrected chi connectivity index (χ3v) is 2.21. The van der Waals surface area contributed by atoms with E-state index in [1.807, 2.05) is 0 Å². The van der Waals surface area contributed by atoms with E-state index in [1.54, 1.807) is 0 Å². The average molecular weight is 157 g/mol. The quantitative estimate of drug-likeness (QED) is 0.596. The van der Waals surface area contributed by atoms with E-state index in [9.17, 15) is 8.42 Å². The highest BCUT2D eigenvalue weighted by Gasteiger charge is 2.03. The number of rotatable bonds is 1. The fraction of sp³-hybridized carbons (Fsp3) is 0.167. The van der Waals surface area contributed by atoms with Crippen molar-refractivity contribution >= 4 is 9.84 Å². The Bertz CT molecular complexity index is 304. The summed E-state index contributed by atoms with van der Waals surface area (Å²) in [4.78, 5) is 4.00. The molecule has 1 heterocycles. The van der Waals surface area contributed by atoms with E-state index < -0.39 is 9.84 Å². The van der Waals surface area contributed by atoms with Crippen LogP contribution in [0.25, 0.3) is 0 Å². The van der Waals surface area contributed by atoms with E-state index >= 15 is 0 Å². The predicted octanol–water partition coefficient (Wildman–Crippen LogP) is 0.485. The number of aromatic nitrogens is 1. The maximum Gasteiger partial charge on any atom is 0.175 e. The number of hydrogen-bond donors (Lipinski definition) is 0. The predicted molar refractivity (Wildman–Crippen MR) is 37.3 cm³/mol. The van der Waals surface area contributed by atoms with Crippen molar-refractivity contribution in [3.05, 3.63) is 24.5 Å². The van der Waals surface area contributed by atoms with Crippen LogP contribution >= 0.6 is 0 Å². The van der Waals surface area contributed by atoms with Gasteiger partial charge < -0.3 is 0 Å². The van der Waals surface area contributed by atoms with Crippen LogP contribution in [0.4, 0.5) is 0 Å². The number of hydrogen-bond acceptors (Lipinski definition) is 3. The second-order valence-electron chi connectivity index (χ2n) is 1.96. The minimum Gasteiger partial charge on any atom is -0.265 e. The van der Waals surface area contributed by atoms with Crippen molar-refractivity contribution in [2.75, 3.05) is 6.26 Å². The van der Waals surface area contributed by atoms with Crippen LogP contribution in [0, 0.1) is 0 Å². The summed E-state index contributed by atoms with van der Waals surface area (Å²) in [6.07, 6.45) is 4.08. The molecule has 0 saturated carbocycles. The molecule has 0 bridgehead atoms. The molecule has 1 aromatic rings. The molecule has 4 heteroatoms. The molecule has 0 fully saturated rings. The normalized spacial score (nSPS) is 11.3. The van der Waals surface area contributed by atoms with Crippen molar-refractivity contribution in [1.82, 2.24) is 4.98 Å². The van der Waals surface area contributed by atoms with Gasteiger partial charge >= 0.3 is 0 Å². The number of pyridine rings is 1. The van der Waals surface area contributed by atoms with Gasteiger partial charge in [-0.3, -0.25) is 4.98 Å². The van der Waals surface area contributed by atoms with Crippen LogP contribution < -0.4 is 0 Å². The molecule has 0 aromatic carbocycles. The van der Waals surface area contributed by atoms with Crippen LogP contribution in [-0.4, -0.2) is 19.7 Å². The molecule has 0 radical (unpaired) electrons. The van der Waals surface area contributed by atoms with Crippen LogP contribution in [0.3, 0.4) is 0 Å². The first-order valence-corrected chi connectivity index (χ1v) is 4.60. The van der Waals surface area contributed by atoms with E-state index in [-0.39, 0.29) is 0 Å². The smallest absolute Gasteiger partial charge is 0.175 e. The highest BCUT2D eigenvalue weighted by molar-refractivity contribution is 7.90. The summed E-state index contributed by atoms with van der Waals surface area (Å²) in [5, 5.41) is 0. The van der Waals surface area contributed by atoms with Gasteiger partial charge in [-0.25, -0.2) is 8.42 Å². The minimum absolute atomic E-state index is 0.308. The number of sulfone groups is 1. The Kier molecular flexibility index (Phi) is 1.72. The summed E-state index contributed by atoms with van der Waals surface area (Å²) >= 11 is 0. The van der Waals surface area contributed by atoms with Gasteiger partial charge in [-0.05, 0) is 12.1 Å². The molecule has 0 unspecified atom stereocenters. The molecule has 0 saturated heterocycles. The summed E-state index contributed by atoms with van der Waals surface area (Å²) in [6.45, 7) is 0. The highest BCUT2D eigenvalue weighted by atomic mass is 32.2. The summed E-state index contributed by atoms with van der Waals surface area (Å²) in [5.41, 5.74) is 0. The van der Waals surface area contributed by atoms with Crippen molar-refractivity contribution in [2.45, 2.75) is 4.90 Å². The van der Waals surface area contributed by atoms with Gasteiger partial charge in [0.2, 0.25) is 0 Å². The van der Waals surface area contributed by atoms with Gasteiger partial charge in [0.25, 0.3) is 0 Å². The fourth-order valence-corrected chi connectivity index (χ4v) is 1.20. The van der Waals surface area contributed by atoms with E-state index in [0.29, 0.717) is 4.90 Å². The molecule has 0 atom stereocenters. The number of nitrogens with zero attached hydrogens (tertiary/aromatic N) is 1. The first-order valence-electron chi connectivity index (χ1n) is 2.71. The van der Waals surface area contributed by atoms with Crippen LogP contribution in [0.1, 0.15) is 0 Å². The molecule has 0 amide bonds. The van der Waals surface area contributed by atoms with Gasteiger partial charge in [0, 0.05) is 18.6 Å². The lowest BCUT2D eigenvalue weighted by molar-refractivity contribution is 0.601. The summed E-state index contributed by atoms with van der Waals surface area (Å²) in [7, 11) is -3.04. The van der Waals surface area contributed by atoms with Gasteiger partial charge in [0.05, 0.1) is 4.90 Å². The Hall–Kier alpha value is -0.900. The van der Waals surface area contributed by atoms with E-state index in [2.05, 4.69) is 4.98 Å². The van der Waals surface area contributed by atoms with Gasteiger partial charge in [0.1, 0.15) is 0 Å². The molecule has 10 heavy (non-hydrogen) atoms. The Balaban J connectivity index is 3.22. The maximum absolute atomic E-state index is 10.8. The first kappa shape index (κ1) is 7.21. The first-order chi connectivity index (χ1) is 4.61. The third-order valence-electron chi connectivity index (χ3n) is 1.08. The summed E-state index contributed by atoms with van der Waals surface area (Å²) in [5.74, 6) is 0. The molecule has 3 nitrogen and oxygen atoms in total. The highest BCUT2D eigenvalue weighted by Crippen LogP contribution is 2.03. The van der Waals surface area contributed by atoms with Gasteiger partial charge in [0.15, 0.2) is 9.84 Å². The lowest BCUT2D eigenvalue weighted by Gasteiger charge is -1.93. The molecule has 1 aromatic heterocycles. The monoisotopic (exact) mass is 157 g/mol. The van der Waals surface area contributed by atoms with E-state index in [1.165, 1.54) is 30.8 Å². The molecule has 0 aliphatic carbocycles. The van der Waals surface area contributed by atoms with Crippen LogP contribution in [0.2, 0.25) is 0 Å². The third kappa shape index (κ3) is 1.54. The average Bonchev–Trinajstić information content (AvgIpc) is 1.88. The van der Waals surface area contributed by atoms with Gasteiger partial charge in [-0.15, -0.1) is 0 Å². The van der Waals surface area contributed by atoms with Crippen molar-refractivity contribution < 1.29 is 8.42 Å². The van der Waals surface area contributed by atoms with E-state index in [4.69, 9.17) is 0 Å². The Labute approximate surface area is 59.6 Å². The second kappa shape index (κ2) is 2.38. The van der Waals surface area contributed by atoms with Crippen molar-refractivity contribution in [3.8, 4) is 0 Å². The lowest BCUT2D eigenvalue weighted by Crippen LogP contribution is -1.95. The molecule has 1 rings (SSSR count). The zero-order chi connectivity index (χ0) is 7.61. The molecule has 0 aliphatic rings.